The number of phenols is 1. The lowest BCUT2D eigenvalue weighted by Crippen LogP contribution is -2.11. The summed E-state index contributed by atoms with van der Waals surface area (Å²) >= 11 is 0. The standard InChI is InChI=1S/C16H13F3O4/c1-9-3-2-4-11(15(21)22)12(9)8-23-14-6-5-10(20)7-13(14)16(17,18)19/h2-7,20H,8H2,1H3,(H,21,22). The van der Waals surface area contributed by atoms with E-state index in [1.807, 2.05) is 0 Å². The number of carbonyl (C=O) groups is 1. The van der Waals surface area contributed by atoms with Gasteiger partial charge in [0.25, 0.3) is 0 Å². The Kier molecular flexibility index (Phi) is 4.49. The number of rotatable bonds is 4. The van der Waals surface area contributed by atoms with Crippen LogP contribution < -0.4 is 4.74 Å². The van der Waals surface area contributed by atoms with Crippen LogP contribution in [0.3, 0.4) is 0 Å². The number of halogens is 3. The minimum absolute atomic E-state index is 0.0302. The molecule has 0 atom stereocenters. The first-order chi connectivity index (χ1) is 10.7. The van der Waals surface area contributed by atoms with Crippen molar-refractivity contribution in [1.82, 2.24) is 0 Å². The molecule has 2 aromatic rings. The van der Waals surface area contributed by atoms with Gasteiger partial charge in [0.1, 0.15) is 23.7 Å². The third-order valence-electron chi connectivity index (χ3n) is 3.28. The molecule has 0 saturated heterocycles. The number of ether oxygens (including phenoxy) is 1. The van der Waals surface area contributed by atoms with Gasteiger partial charge in [-0.15, -0.1) is 0 Å². The Balaban J connectivity index is 2.35. The number of aryl methyl sites for hydroxylation is 1. The molecule has 0 aromatic heterocycles. The van der Waals surface area contributed by atoms with Crippen molar-refractivity contribution in [2.45, 2.75) is 19.7 Å². The number of hydrogen-bond acceptors (Lipinski definition) is 3. The van der Waals surface area contributed by atoms with Crippen molar-refractivity contribution in [3.05, 3.63) is 58.7 Å². The fraction of sp³-hybridized carbons (Fsp3) is 0.188. The third-order valence-corrected chi connectivity index (χ3v) is 3.28. The normalized spacial score (nSPS) is 11.3. The average molecular weight is 326 g/mol. The highest BCUT2D eigenvalue weighted by Crippen LogP contribution is 2.38. The summed E-state index contributed by atoms with van der Waals surface area (Å²) < 4.78 is 44.0. The molecule has 2 aromatic carbocycles. The van der Waals surface area contributed by atoms with Gasteiger partial charge < -0.3 is 14.9 Å². The molecule has 0 bridgehead atoms. The van der Waals surface area contributed by atoms with Crippen molar-refractivity contribution in [1.29, 1.82) is 0 Å². The molecule has 0 aliphatic rings. The largest absolute Gasteiger partial charge is 0.508 e. The summed E-state index contributed by atoms with van der Waals surface area (Å²) in [7, 11) is 0. The zero-order valence-corrected chi connectivity index (χ0v) is 12.0. The fourth-order valence-corrected chi connectivity index (χ4v) is 2.11. The number of carboxylic acid groups (broad SMARTS) is 1. The van der Waals surface area contributed by atoms with E-state index in [-0.39, 0.29) is 12.2 Å². The molecule has 0 aliphatic heterocycles. The summed E-state index contributed by atoms with van der Waals surface area (Å²) in [6.45, 7) is 1.31. The Bertz CT molecular complexity index is 739. The van der Waals surface area contributed by atoms with Crippen molar-refractivity contribution < 1.29 is 32.9 Å². The van der Waals surface area contributed by atoms with Crippen molar-refractivity contribution in [2.75, 3.05) is 0 Å². The van der Waals surface area contributed by atoms with Crippen LogP contribution in [-0.4, -0.2) is 16.2 Å². The topological polar surface area (TPSA) is 66.8 Å². The molecule has 4 nitrogen and oxygen atoms in total. The number of benzene rings is 2. The van der Waals surface area contributed by atoms with Crippen molar-refractivity contribution in [2.24, 2.45) is 0 Å². The molecule has 7 heteroatoms. The Morgan fingerprint density at radius 3 is 2.52 bits per heavy atom. The van der Waals surface area contributed by atoms with Crippen LogP contribution in [0.25, 0.3) is 0 Å². The quantitative estimate of drug-likeness (QED) is 0.891. The monoisotopic (exact) mass is 326 g/mol. The number of hydrogen-bond donors (Lipinski definition) is 2. The van der Waals surface area contributed by atoms with Gasteiger partial charge in [-0.3, -0.25) is 0 Å². The van der Waals surface area contributed by atoms with Gasteiger partial charge in [-0.25, -0.2) is 4.79 Å². The van der Waals surface area contributed by atoms with Crippen LogP contribution in [0.15, 0.2) is 36.4 Å². The number of phenolic OH excluding ortho intramolecular Hbond substituents is 1. The van der Waals surface area contributed by atoms with Crippen LogP contribution in [0.2, 0.25) is 0 Å². The maximum Gasteiger partial charge on any atom is 0.420 e. The van der Waals surface area contributed by atoms with E-state index < -0.39 is 29.2 Å². The summed E-state index contributed by atoms with van der Waals surface area (Å²) in [5.41, 5.74) is -0.265. The third kappa shape index (κ3) is 3.74. The Hall–Kier alpha value is -2.70. The fourth-order valence-electron chi connectivity index (χ4n) is 2.11. The molecule has 122 valence electrons. The van der Waals surface area contributed by atoms with Gasteiger partial charge in [0, 0.05) is 5.56 Å². The molecule has 0 saturated carbocycles. The van der Waals surface area contributed by atoms with Crippen LogP contribution in [-0.2, 0) is 12.8 Å². The first-order valence-corrected chi connectivity index (χ1v) is 6.55. The maximum absolute atomic E-state index is 13.0. The highest BCUT2D eigenvalue weighted by Gasteiger charge is 2.35. The van der Waals surface area contributed by atoms with Crippen LogP contribution in [0.5, 0.6) is 11.5 Å². The zero-order valence-electron chi connectivity index (χ0n) is 12.0. The first kappa shape index (κ1) is 16.7. The van der Waals surface area contributed by atoms with E-state index in [0.29, 0.717) is 17.2 Å². The van der Waals surface area contributed by atoms with Crippen molar-refractivity contribution >= 4 is 5.97 Å². The number of carboxylic acids is 1. The van der Waals surface area contributed by atoms with Crippen molar-refractivity contribution in [3.63, 3.8) is 0 Å². The van der Waals surface area contributed by atoms with Gasteiger partial charge in [-0.1, -0.05) is 12.1 Å². The summed E-state index contributed by atoms with van der Waals surface area (Å²) in [6, 6.07) is 7.18. The molecule has 0 amide bonds. The molecule has 0 spiro atoms. The van der Waals surface area contributed by atoms with Gasteiger partial charge in [0.15, 0.2) is 0 Å². The average Bonchev–Trinajstić information content (AvgIpc) is 2.45. The summed E-state index contributed by atoms with van der Waals surface area (Å²) in [5.74, 6) is -2.20. The van der Waals surface area contributed by atoms with E-state index in [9.17, 15) is 23.1 Å². The Morgan fingerprint density at radius 2 is 1.91 bits per heavy atom. The Morgan fingerprint density at radius 1 is 1.22 bits per heavy atom. The van der Waals surface area contributed by atoms with E-state index >= 15 is 0 Å². The SMILES string of the molecule is Cc1cccc(C(=O)O)c1COc1ccc(O)cc1C(F)(F)F. The molecule has 23 heavy (non-hydrogen) atoms. The highest BCUT2D eigenvalue weighted by atomic mass is 19.4. The van der Waals surface area contributed by atoms with Gasteiger partial charge in [0.2, 0.25) is 0 Å². The molecule has 0 unspecified atom stereocenters. The van der Waals surface area contributed by atoms with Crippen LogP contribution in [0, 0.1) is 6.92 Å². The summed E-state index contributed by atoms with van der Waals surface area (Å²) in [5, 5.41) is 18.4. The van der Waals surface area contributed by atoms with E-state index in [4.69, 9.17) is 9.84 Å². The second-order valence-corrected chi connectivity index (χ2v) is 4.87. The van der Waals surface area contributed by atoms with Crippen LogP contribution in [0.1, 0.15) is 27.0 Å². The summed E-state index contributed by atoms with van der Waals surface area (Å²) in [4.78, 5) is 11.2. The molecule has 0 radical (unpaired) electrons. The van der Waals surface area contributed by atoms with E-state index in [1.165, 1.54) is 6.07 Å². The molecule has 0 aliphatic carbocycles. The lowest BCUT2D eigenvalue weighted by Gasteiger charge is -2.16. The molecular formula is C16H13F3O4. The van der Waals surface area contributed by atoms with Gasteiger partial charge in [0.05, 0.1) is 5.56 Å². The molecular weight excluding hydrogens is 313 g/mol. The van der Waals surface area contributed by atoms with Gasteiger partial charge in [-0.2, -0.15) is 13.2 Å². The van der Waals surface area contributed by atoms with E-state index in [1.54, 1.807) is 19.1 Å². The van der Waals surface area contributed by atoms with Gasteiger partial charge in [-0.05, 0) is 36.8 Å². The van der Waals surface area contributed by atoms with Crippen molar-refractivity contribution in [3.8, 4) is 11.5 Å². The number of aromatic hydroxyl groups is 1. The Labute approximate surface area is 129 Å². The molecule has 2 rings (SSSR count). The van der Waals surface area contributed by atoms with E-state index in [2.05, 4.69) is 0 Å². The maximum atomic E-state index is 13.0. The first-order valence-electron chi connectivity index (χ1n) is 6.55. The zero-order chi connectivity index (χ0) is 17.2. The lowest BCUT2D eigenvalue weighted by molar-refractivity contribution is -0.139. The minimum atomic E-state index is -4.70. The highest BCUT2D eigenvalue weighted by molar-refractivity contribution is 5.89. The van der Waals surface area contributed by atoms with Gasteiger partial charge >= 0.3 is 12.1 Å². The predicted octanol–water partition coefficient (Wildman–Crippen LogP) is 4.00. The number of alkyl halides is 3. The summed E-state index contributed by atoms with van der Waals surface area (Å²) in [6.07, 6.45) is -4.70. The minimum Gasteiger partial charge on any atom is -0.508 e. The predicted molar refractivity (Wildman–Crippen MR) is 75.6 cm³/mol. The van der Waals surface area contributed by atoms with Crippen LogP contribution in [0.4, 0.5) is 13.2 Å². The van der Waals surface area contributed by atoms with E-state index in [0.717, 1.165) is 12.1 Å². The second-order valence-electron chi connectivity index (χ2n) is 4.87. The number of aromatic carboxylic acids is 1. The van der Waals surface area contributed by atoms with Crippen LogP contribution >= 0.6 is 0 Å². The lowest BCUT2D eigenvalue weighted by atomic mass is 10.0. The second kappa shape index (κ2) is 6.20. The smallest absolute Gasteiger partial charge is 0.420 e. The molecule has 0 fully saturated rings. The molecule has 0 heterocycles. The molecule has 2 N–H and O–H groups in total.